The maximum Gasteiger partial charge on any atom is 0.573 e. The second-order valence-corrected chi connectivity index (χ2v) is 5.61. The lowest BCUT2D eigenvalue weighted by molar-refractivity contribution is -0.274. The van der Waals surface area contributed by atoms with Crippen molar-refractivity contribution >= 4 is 23.5 Å². The summed E-state index contributed by atoms with van der Waals surface area (Å²) in [5.74, 6) is -0.324. The Morgan fingerprint density at radius 1 is 1.17 bits per heavy atom. The summed E-state index contributed by atoms with van der Waals surface area (Å²) in [5, 5.41) is 5.25. The van der Waals surface area contributed by atoms with Gasteiger partial charge in [0.05, 0.1) is 0 Å². The number of rotatable bonds is 5. The van der Waals surface area contributed by atoms with E-state index >= 15 is 0 Å². The van der Waals surface area contributed by atoms with Crippen molar-refractivity contribution in [2.45, 2.75) is 17.8 Å². The van der Waals surface area contributed by atoms with Crippen molar-refractivity contribution in [3.63, 3.8) is 0 Å². The molecule has 2 aromatic carbocycles. The van der Waals surface area contributed by atoms with Crippen LogP contribution in [0.2, 0.25) is 0 Å². The van der Waals surface area contributed by atoms with E-state index in [0.29, 0.717) is 11.3 Å². The van der Waals surface area contributed by atoms with Gasteiger partial charge in [-0.15, -0.1) is 24.9 Å². The molecule has 0 spiro atoms. The van der Waals surface area contributed by atoms with Gasteiger partial charge in [0.1, 0.15) is 5.75 Å². The molecule has 8 heteroatoms. The smallest absolute Gasteiger partial charge is 0.406 e. The van der Waals surface area contributed by atoms with Crippen molar-refractivity contribution in [3.8, 4) is 5.75 Å². The van der Waals surface area contributed by atoms with Gasteiger partial charge in [-0.05, 0) is 42.2 Å². The van der Waals surface area contributed by atoms with E-state index in [1.165, 1.54) is 18.2 Å². The molecule has 0 radical (unpaired) electrons. The van der Waals surface area contributed by atoms with Gasteiger partial charge < -0.3 is 15.4 Å². The first-order valence-electron chi connectivity index (χ1n) is 6.89. The van der Waals surface area contributed by atoms with E-state index in [9.17, 15) is 18.0 Å². The van der Waals surface area contributed by atoms with Crippen LogP contribution in [0.25, 0.3) is 0 Å². The predicted octanol–water partition coefficient (Wildman–Crippen LogP) is 4.63. The van der Waals surface area contributed by atoms with Crippen LogP contribution >= 0.6 is 11.8 Å². The third kappa shape index (κ3) is 6.04. The molecule has 0 heterocycles. The van der Waals surface area contributed by atoms with Crippen LogP contribution in [0.1, 0.15) is 5.56 Å². The highest BCUT2D eigenvalue weighted by Crippen LogP contribution is 2.23. The number of nitrogens with one attached hydrogen (secondary N) is 2. The van der Waals surface area contributed by atoms with Gasteiger partial charge in [-0.3, -0.25) is 0 Å². The highest BCUT2D eigenvalue weighted by atomic mass is 32.2. The maximum absolute atomic E-state index is 12.2. The first-order valence-corrected chi connectivity index (χ1v) is 8.12. The van der Waals surface area contributed by atoms with Gasteiger partial charge in [0.15, 0.2) is 0 Å². The molecule has 0 aromatic heterocycles. The number of ether oxygens (including phenoxy) is 1. The largest absolute Gasteiger partial charge is 0.573 e. The van der Waals surface area contributed by atoms with Crippen LogP contribution < -0.4 is 15.4 Å². The minimum Gasteiger partial charge on any atom is -0.406 e. The maximum atomic E-state index is 12.2. The standard InChI is InChI=1S/C16H15F3N2O2S/c1-24-14-7-3-5-12(9-14)21-15(22)20-10-11-4-2-6-13(8-11)23-16(17,18)19/h2-9H,10H2,1H3,(H2,20,21,22). The first-order chi connectivity index (χ1) is 11.4. The van der Waals surface area contributed by atoms with E-state index in [0.717, 1.165) is 4.90 Å². The second-order valence-electron chi connectivity index (χ2n) is 4.73. The first kappa shape index (κ1) is 18.0. The van der Waals surface area contributed by atoms with Gasteiger partial charge in [-0.2, -0.15) is 0 Å². The molecule has 0 atom stereocenters. The van der Waals surface area contributed by atoms with Crippen LogP contribution in [0, 0.1) is 0 Å². The van der Waals surface area contributed by atoms with E-state index in [2.05, 4.69) is 15.4 Å². The Kier molecular flexibility index (Phi) is 5.97. The zero-order chi connectivity index (χ0) is 17.6. The predicted molar refractivity (Wildman–Crippen MR) is 87.2 cm³/mol. The van der Waals surface area contributed by atoms with E-state index < -0.39 is 12.4 Å². The molecular formula is C16H15F3N2O2S. The Morgan fingerprint density at radius 2 is 1.92 bits per heavy atom. The van der Waals surface area contributed by atoms with Gasteiger partial charge >= 0.3 is 12.4 Å². The number of halogens is 3. The number of carbonyl (C=O) groups excluding carboxylic acids is 1. The lowest BCUT2D eigenvalue weighted by Crippen LogP contribution is -2.28. The fourth-order valence-corrected chi connectivity index (χ4v) is 2.37. The monoisotopic (exact) mass is 356 g/mol. The van der Waals surface area contributed by atoms with Gasteiger partial charge in [0.2, 0.25) is 0 Å². The summed E-state index contributed by atoms with van der Waals surface area (Å²) < 4.78 is 40.4. The molecule has 0 aliphatic rings. The minimum atomic E-state index is -4.74. The number of hydrogen-bond acceptors (Lipinski definition) is 3. The molecule has 0 fully saturated rings. The van der Waals surface area contributed by atoms with Gasteiger partial charge in [0, 0.05) is 17.1 Å². The molecule has 0 aliphatic carbocycles. The molecular weight excluding hydrogens is 341 g/mol. The molecule has 4 nitrogen and oxygen atoms in total. The molecule has 2 rings (SSSR count). The average molecular weight is 356 g/mol. The highest BCUT2D eigenvalue weighted by molar-refractivity contribution is 7.98. The van der Waals surface area contributed by atoms with Crippen LogP contribution in [-0.2, 0) is 6.54 Å². The molecule has 2 amide bonds. The highest BCUT2D eigenvalue weighted by Gasteiger charge is 2.31. The van der Waals surface area contributed by atoms with E-state index in [1.54, 1.807) is 23.9 Å². The SMILES string of the molecule is CSc1cccc(NC(=O)NCc2cccc(OC(F)(F)F)c2)c1. The summed E-state index contributed by atoms with van der Waals surface area (Å²) in [6, 6.07) is 12.3. The Labute approximate surface area is 141 Å². The fourth-order valence-electron chi connectivity index (χ4n) is 1.91. The Bertz CT molecular complexity index is 708. The Hall–Kier alpha value is -2.35. The van der Waals surface area contributed by atoms with Gasteiger partial charge in [0.25, 0.3) is 0 Å². The van der Waals surface area contributed by atoms with Crippen LogP contribution in [0.5, 0.6) is 5.75 Å². The van der Waals surface area contributed by atoms with Crippen molar-refractivity contribution in [1.29, 1.82) is 0 Å². The van der Waals surface area contributed by atoms with Crippen LogP contribution in [-0.4, -0.2) is 18.6 Å². The summed E-state index contributed by atoms with van der Waals surface area (Å²) in [6.45, 7) is 0.0725. The lowest BCUT2D eigenvalue weighted by Gasteiger charge is -2.11. The van der Waals surface area contributed by atoms with Crippen LogP contribution in [0.15, 0.2) is 53.4 Å². The molecule has 128 valence electrons. The summed E-state index contributed by atoms with van der Waals surface area (Å²) in [4.78, 5) is 12.9. The molecule has 24 heavy (non-hydrogen) atoms. The van der Waals surface area contributed by atoms with Crippen molar-refractivity contribution in [1.82, 2.24) is 5.32 Å². The van der Waals surface area contributed by atoms with Gasteiger partial charge in [-0.1, -0.05) is 18.2 Å². The zero-order valence-electron chi connectivity index (χ0n) is 12.7. The number of benzene rings is 2. The van der Waals surface area contributed by atoms with E-state index in [4.69, 9.17) is 0 Å². The zero-order valence-corrected chi connectivity index (χ0v) is 13.5. The van der Waals surface area contributed by atoms with E-state index in [-0.39, 0.29) is 12.3 Å². The van der Waals surface area contributed by atoms with Crippen molar-refractivity contribution in [3.05, 3.63) is 54.1 Å². The normalized spacial score (nSPS) is 11.0. The molecule has 2 N–H and O–H groups in total. The summed E-state index contributed by atoms with van der Waals surface area (Å²) in [7, 11) is 0. The second kappa shape index (κ2) is 7.96. The molecule has 0 saturated carbocycles. The number of carbonyl (C=O) groups is 1. The Morgan fingerprint density at radius 3 is 2.62 bits per heavy atom. The van der Waals surface area contributed by atoms with Crippen LogP contribution in [0.3, 0.4) is 0 Å². The molecule has 0 saturated heterocycles. The third-order valence-corrected chi connectivity index (χ3v) is 3.64. The van der Waals surface area contributed by atoms with Crippen molar-refractivity contribution < 1.29 is 22.7 Å². The lowest BCUT2D eigenvalue weighted by atomic mass is 10.2. The summed E-state index contributed by atoms with van der Waals surface area (Å²) >= 11 is 1.55. The molecule has 0 bridgehead atoms. The van der Waals surface area contributed by atoms with Gasteiger partial charge in [-0.25, -0.2) is 4.79 Å². The molecule has 0 aliphatic heterocycles. The number of anilines is 1. The third-order valence-electron chi connectivity index (χ3n) is 2.91. The quantitative estimate of drug-likeness (QED) is 0.768. The number of amides is 2. The van der Waals surface area contributed by atoms with Crippen molar-refractivity contribution in [2.24, 2.45) is 0 Å². The Balaban J connectivity index is 1.90. The number of hydrogen-bond donors (Lipinski definition) is 2. The minimum absolute atomic E-state index is 0.0725. The molecule has 2 aromatic rings. The fraction of sp³-hybridized carbons (Fsp3) is 0.188. The average Bonchev–Trinajstić information content (AvgIpc) is 2.52. The summed E-state index contributed by atoms with van der Waals surface area (Å²) in [6.07, 6.45) is -2.82. The topological polar surface area (TPSA) is 50.4 Å². The van der Waals surface area contributed by atoms with Crippen LogP contribution in [0.4, 0.5) is 23.7 Å². The number of thioether (sulfide) groups is 1. The molecule has 0 unspecified atom stereocenters. The van der Waals surface area contributed by atoms with E-state index in [1.807, 2.05) is 24.5 Å². The summed E-state index contributed by atoms with van der Waals surface area (Å²) in [5.41, 5.74) is 1.12. The number of alkyl halides is 3. The number of urea groups is 1. The van der Waals surface area contributed by atoms with Crippen molar-refractivity contribution in [2.75, 3.05) is 11.6 Å².